The average molecular weight is 526 g/mol. The molecule has 126 valence electrons. The van der Waals surface area contributed by atoms with E-state index in [-0.39, 0.29) is 20.7 Å². The van der Waals surface area contributed by atoms with Crippen LogP contribution in [0.2, 0.25) is 0 Å². The normalized spacial score (nSPS) is 10.9. The maximum Gasteiger partial charge on any atom is -0.112 e. The largest absolute Gasteiger partial charge is 0.222 e. The average Bonchev–Trinajstić information content (AvgIpc) is 2.97. The molecule has 0 N–H and O–H groups in total. The van der Waals surface area contributed by atoms with E-state index in [1.165, 1.54) is 20.4 Å². The van der Waals surface area contributed by atoms with Crippen LogP contribution in [0.15, 0.2) is 65.3 Å². The Labute approximate surface area is 160 Å². The van der Waals surface area contributed by atoms with Gasteiger partial charge in [-0.15, -0.1) is 10.2 Å². The van der Waals surface area contributed by atoms with Crippen molar-refractivity contribution in [2.24, 2.45) is 0 Å². The van der Waals surface area contributed by atoms with E-state index in [0.717, 1.165) is 4.47 Å². The first-order chi connectivity index (χ1) is 11.2. The molecule has 2 aromatic carbocycles. The summed E-state index contributed by atoms with van der Waals surface area (Å²) in [5, 5.41) is 0. The maximum atomic E-state index is 8.49. The van der Waals surface area contributed by atoms with Crippen molar-refractivity contribution >= 4 is 36.6 Å². The molecule has 5 nitrogen and oxygen atoms in total. The molecule has 1 heterocycles. The van der Waals surface area contributed by atoms with Crippen LogP contribution in [0, 0.1) is 17.2 Å². The molecule has 0 aliphatic carbocycles. The predicted octanol–water partition coefficient (Wildman–Crippen LogP) is -0.998. The van der Waals surface area contributed by atoms with Crippen molar-refractivity contribution in [1.82, 2.24) is 0 Å². The molecule has 24 heavy (non-hydrogen) atoms. The van der Waals surface area contributed by atoms with Gasteiger partial charge in [0, 0.05) is 0 Å². The fourth-order valence-corrected chi connectivity index (χ4v) is 4.80. The molecule has 0 fully saturated rings. The van der Waals surface area contributed by atoms with Gasteiger partial charge in [-0.3, -0.25) is 0 Å². The third kappa shape index (κ3) is 6.63. The summed E-state index contributed by atoms with van der Waals surface area (Å²) in [6.45, 7) is 2.12. The zero-order valence-corrected chi connectivity index (χ0v) is 17.2. The summed E-state index contributed by atoms with van der Waals surface area (Å²) in [7, 11) is -4.94. The SMILES string of the molecule is Cc1ccc(-[n+]2ccc(-c3ccc(Br)cc3)[te]2)cc1.[O-][Cl+3]([O-])([O-])[O-]. The number of hydrogen-bond donors (Lipinski definition) is 0. The summed E-state index contributed by atoms with van der Waals surface area (Å²) in [6.07, 6.45) is 2.21. The minimum Gasteiger partial charge on any atom is -0.222 e. The monoisotopic (exact) mass is 527 g/mol. The molecule has 1 aromatic heterocycles. The Morgan fingerprint density at radius 2 is 1.42 bits per heavy atom. The number of aryl methyl sites for hydroxylation is 1. The van der Waals surface area contributed by atoms with Crippen LogP contribution in [0.3, 0.4) is 0 Å². The minimum absolute atomic E-state index is 0.339. The Balaban J connectivity index is 0.000000368. The van der Waals surface area contributed by atoms with Gasteiger partial charge in [-0.1, -0.05) is 0 Å². The quantitative estimate of drug-likeness (QED) is 0.401. The van der Waals surface area contributed by atoms with Gasteiger partial charge in [0.25, 0.3) is 0 Å². The summed E-state index contributed by atoms with van der Waals surface area (Å²) < 4.78 is 39.0. The Kier molecular flexibility index (Phi) is 6.98. The summed E-state index contributed by atoms with van der Waals surface area (Å²) in [5.41, 5.74) is 3.96. The second-order valence-corrected chi connectivity index (χ2v) is 9.39. The number of aromatic nitrogens is 1. The number of hydrogen-bond acceptors (Lipinski definition) is 4. The maximum absolute atomic E-state index is 8.49. The summed E-state index contributed by atoms with van der Waals surface area (Å²) in [4.78, 5) is 0. The molecule has 3 rings (SSSR count). The number of nitrogens with zero attached hydrogens (tertiary/aromatic N) is 1. The third-order valence-corrected chi connectivity index (χ3v) is 6.64. The molecule has 0 radical (unpaired) electrons. The van der Waals surface area contributed by atoms with Gasteiger partial charge < -0.3 is 0 Å². The topological polar surface area (TPSA) is 96.1 Å². The van der Waals surface area contributed by atoms with E-state index >= 15 is 0 Å². The van der Waals surface area contributed by atoms with Crippen LogP contribution in [-0.2, 0) is 0 Å². The van der Waals surface area contributed by atoms with E-state index in [4.69, 9.17) is 18.6 Å². The Bertz CT molecular complexity index is 719. The molecule has 0 unspecified atom stereocenters. The van der Waals surface area contributed by atoms with Crippen LogP contribution in [0.5, 0.6) is 0 Å². The first kappa shape index (κ1) is 19.6. The Morgan fingerprint density at radius 1 is 0.875 bits per heavy atom. The van der Waals surface area contributed by atoms with Crippen molar-refractivity contribution in [3.05, 3.63) is 70.8 Å². The number of benzene rings is 2. The molecule has 0 atom stereocenters. The first-order valence-corrected chi connectivity index (χ1v) is 10.9. The van der Waals surface area contributed by atoms with E-state index in [1.807, 2.05) is 0 Å². The van der Waals surface area contributed by atoms with Gasteiger partial charge in [0.05, 0.1) is 0 Å². The van der Waals surface area contributed by atoms with Gasteiger partial charge in [0.2, 0.25) is 0 Å². The predicted molar refractivity (Wildman–Crippen MR) is 82.8 cm³/mol. The Hall–Kier alpha value is -0.750. The fraction of sp³-hybridized carbons (Fsp3) is 0.0625. The van der Waals surface area contributed by atoms with Crippen LogP contribution in [0.4, 0.5) is 0 Å². The van der Waals surface area contributed by atoms with Crippen LogP contribution < -0.4 is 21.4 Å². The van der Waals surface area contributed by atoms with E-state index in [2.05, 4.69) is 86.4 Å². The molecule has 0 aliphatic rings. The van der Waals surface area contributed by atoms with Gasteiger partial charge in [0.1, 0.15) is 0 Å². The molecule has 0 bridgehead atoms. The van der Waals surface area contributed by atoms with Gasteiger partial charge in [-0.25, -0.2) is 18.6 Å². The summed E-state index contributed by atoms with van der Waals surface area (Å²) in [5.74, 6) is 0. The van der Waals surface area contributed by atoms with Crippen LogP contribution in [0.1, 0.15) is 5.56 Å². The standard InChI is InChI=1S/C16H13BrNTe.ClHO4/c1-12-2-8-15(9-3-12)18-11-10-16(19-18)13-4-6-14(17)7-5-13;2-1(3,4)5/h2-11H,1H3;(H,2,3,4,5)/q+1;/p-1. The van der Waals surface area contributed by atoms with Crippen LogP contribution in [0.25, 0.3) is 14.8 Å². The van der Waals surface area contributed by atoms with Gasteiger partial charge in [0.15, 0.2) is 0 Å². The van der Waals surface area contributed by atoms with Crippen molar-refractivity contribution in [1.29, 1.82) is 0 Å². The second kappa shape index (κ2) is 8.56. The number of halogens is 2. The van der Waals surface area contributed by atoms with Gasteiger partial charge >= 0.3 is 132 Å². The summed E-state index contributed by atoms with van der Waals surface area (Å²) in [6, 6.07) is 19.6. The van der Waals surface area contributed by atoms with E-state index in [1.54, 1.807) is 0 Å². The van der Waals surface area contributed by atoms with Crippen molar-refractivity contribution in [2.45, 2.75) is 6.92 Å². The fourth-order valence-electron chi connectivity index (χ4n) is 1.90. The molecule has 0 aliphatic heterocycles. The number of rotatable bonds is 2. The Morgan fingerprint density at radius 3 is 1.96 bits per heavy atom. The van der Waals surface area contributed by atoms with Gasteiger partial charge in [-0.05, 0) is 0 Å². The zero-order chi connectivity index (χ0) is 17.7. The molecule has 0 spiro atoms. The molecular formula is C16H13BrClNO4Te. The van der Waals surface area contributed by atoms with Crippen molar-refractivity contribution in [2.75, 3.05) is 0 Å². The van der Waals surface area contributed by atoms with E-state index < -0.39 is 10.2 Å². The molecular weight excluding hydrogens is 513 g/mol. The van der Waals surface area contributed by atoms with Gasteiger partial charge in [-0.2, -0.15) is 0 Å². The third-order valence-electron chi connectivity index (χ3n) is 2.98. The van der Waals surface area contributed by atoms with Crippen molar-refractivity contribution in [3.63, 3.8) is 0 Å². The smallest absolute Gasteiger partial charge is 0.112 e. The zero-order valence-electron chi connectivity index (χ0n) is 12.5. The van der Waals surface area contributed by atoms with Crippen molar-refractivity contribution in [3.8, 4) is 14.8 Å². The van der Waals surface area contributed by atoms with E-state index in [0.29, 0.717) is 0 Å². The minimum atomic E-state index is -4.94. The van der Waals surface area contributed by atoms with Crippen molar-refractivity contribution < 1.29 is 31.7 Å². The molecule has 3 aromatic rings. The first-order valence-electron chi connectivity index (χ1n) is 6.69. The molecule has 0 amide bonds. The second-order valence-electron chi connectivity index (χ2n) is 4.82. The van der Waals surface area contributed by atoms with E-state index in [9.17, 15) is 0 Å². The molecule has 0 saturated carbocycles. The molecule has 0 saturated heterocycles. The summed E-state index contributed by atoms with van der Waals surface area (Å²) >= 11 is 3.14. The molecule has 8 heteroatoms. The van der Waals surface area contributed by atoms with Crippen LogP contribution >= 0.6 is 15.9 Å². The van der Waals surface area contributed by atoms with Crippen LogP contribution in [-0.4, -0.2) is 20.7 Å².